The van der Waals surface area contributed by atoms with Crippen LogP contribution in [0.3, 0.4) is 0 Å². The second-order valence-electron chi connectivity index (χ2n) is 4.11. The van der Waals surface area contributed by atoms with Gasteiger partial charge in [-0.1, -0.05) is 15.9 Å². The number of carbonyl (C=O) groups is 1. The highest BCUT2D eigenvalue weighted by molar-refractivity contribution is 9.10. The van der Waals surface area contributed by atoms with E-state index in [1.807, 2.05) is 0 Å². The number of nitro groups is 1. The molecule has 2 aromatic rings. The maximum atomic E-state index is 11.2. The van der Waals surface area contributed by atoms with Gasteiger partial charge in [-0.3, -0.25) is 10.1 Å². The lowest BCUT2D eigenvalue weighted by molar-refractivity contribution is -0.385. The molecule has 0 saturated heterocycles. The molecule has 1 heterocycles. The molecule has 0 unspecified atom stereocenters. The molecule has 1 aromatic heterocycles. The van der Waals surface area contributed by atoms with E-state index in [1.54, 1.807) is 13.0 Å². The van der Waals surface area contributed by atoms with Crippen molar-refractivity contribution in [3.63, 3.8) is 0 Å². The van der Waals surface area contributed by atoms with E-state index in [1.165, 1.54) is 18.3 Å². The fourth-order valence-electron chi connectivity index (χ4n) is 1.62. The van der Waals surface area contributed by atoms with Gasteiger partial charge in [-0.25, -0.2) is 9.78 Å². The Labute approximate surface area is 127 Å². The average Bonchev–Trinajstić information content (AvgIpc) is 2.42. The Morgan fingerprint density at radius 1 is 1.43 bits per heavy atom. The highest BCUT2D eigenvalue weighted by Gasteiger charge is 2.16. The molecule has 8 heteroatoms. The third-order valence-corrected chi connectivity index (χ3v) is 3.13. The standard InChI is InChI=1S/C13H9BrN2O5/c1-7-6-15-12(5-10(7)16(19)20)21-11-3-2-8(14)4-9(11)13(17)18/h2-6H,1H3,(H,17,18). The number of hydrogen-bond acceptors (Lipinski definition) is 5. The van der Waals surface area contributed by atoms with Crippen LogP contribution in [0.2, 0.25) is 0 Å². The summed E-state index contributed by atoms with van der Waals surface area (Å²) in [5, 5.41) is 20.0. The molecule has 0 aliphatic heterocycles. The van der Waals surface area contributed by atoms with Gasteiger partial charge in [0.15, 0.2) is 0 Å². The Kier molecular flexibility index (Phi) is 4.18. The summed E-state index contributed by atoms with van der Waals surface area (Å²) in [6.07, 6.45) is 1.30. The molecule has 0 bridgehead atoms. The third-order valence-electron chi connectivity index (χ3n) is 2.63. The molecule has 2 rings (SSSR count). The quantitative estimate of drug-likeness (QED) is 0.666. The Bertz CT molecular complexity index is 732. The van der Waals surface area contributed by atoms with Crippen LogP contribution in [0.4, 0.5) is 5.69 Å². The summed E-state index contributed by atoms with van der Waals surface area (Å²) in [6, 6.07) is 5.58. The topological polar surface area (TPSA) is 103 Å². The summed E-state index contributed by atoms with van der Waals surface area (Å²) < 4.78 is 5.93. The molecule has 0 fully saturated rings. The molecule has 7 nitrogen and oxygen atoms in total. The van der Waals surface area contributed by atoms with Crippen molar-refractivity contribution < 1.29 is 19.6 Å². The van der Waals surface area contributed by atoms with E-state index in [0.717, 1.165) is 6.07 Å². The van der Waals surface area contributed by atoms with E-state index in [4.69, 9.17) is 9.84 Å². The minimum atomic E-state index is -1.17. The van der Waals surface area contributed by atoms with Gasteiger partial charge >= 0.3 is 5.97 Å². The molecule has 108 valence electrons. The molecule has 1 N–H and O–H groups in total. The predicted octanol–water partition coefficient (Wildman–Crippen LogP) is 3.55. The van der Waals surface area contributed by atoms with Crippen molar-refractivity contribution in [2.24, 2.45) is 0 Å². The second-order valence-corrected chi connectivity index (χ2v) is 5.03. The Morgan fingerprint density at radius 2 is 2.14 bits per heavy atom. The highest BCUT2D eigenvalue weighted by Crippen LogP contribution is 2.29. The number of aromatic carboxylic acids is 1. The number of aryl methyl sites for hydroxylation is 1. The first kappa shape index (κ1) is 14.9. The average molecular weight is 353 g/mol. The van der Waals surface area contributed by atoms with Crippen molar-refractivity contribution in [3.8, 4) is 11.6 Å². The van der Waals surface area contributed by atoms with E-state index in [-0.39, 0.29) is 22.9 Å². The van der Waals surface area contributed by atoms with Gasteiger partial charge in [0, 0.05) is 16.2 Å². The summed E-state index contributed by atoms with van der Waals surface area (Å²) >= 11 is 3.17. The molecular weight excluding hydrogens is 344 g/mol. The molecule has 1 aromatic carbocycles. The van der Waals surface area contributed by atoms with Gasteiger partial charge in [0.1, 0.15) is 11.3 Å². The maximum absolute atomic E-state index is 11.2. The normalized spacial score (nSPS) is 10.2. The number of nitrogens with zero attached hydrogens (tertiary/aromatic N) is 2. The van der Waals surface area contributed by atoms with Crippen molar-refractivity contribution in [1.29, 1.82) is 0 Å². The van der Waals surface area contributed by atoms with Crippen molar-refractivity contribution in [2.45, 2.75) is 6.92 Å². The van der Waals surface area contributed by atoms with Gasteiger partial charge in [-0.15, -0.1) is 0 Å². The second kappa shape index (κ2) is 5.88. The molecule has 0 aliphatic carbocycles. The molecule has 0 saturated carbocycles. The monoisotopic (exact) mass is 352 g/mol. The number of carboxylic acid groups (broad SMARTS) is 1. The summed E-state index contributed by atoms with van der Waals surface area (Å²) in [6.45, 7) is 1.55. The first-order valence-electron chi connectivity index (χ1n) is 5.70. The summed E-state index contributed by atoms with van der Waals surface area (Å²) in [5.41, 5.74) is 0.171. The molecule has 0 atom stereocenters. The number of hydrogen-bond donors (Lipinski definition) is 1. The molecule has 0 aliphatic rings. The van der Waals surface area contributed by atoms with E-state index in [9.17, 15) is 14.9 Å². The fraction of sp³-hybridized carbons (Fsp3) is 0.0769. The number of halogens is 1. The van der Waals surface area contributed by atoms with Crippen LogP contribution in [0.1, 0.15) is 15.9 Å². The lowest BCUT2D eigenvalue weighted by Gasteiger charge is -2.08. The van der Waals surface area contributed by atoms with Gasteiger partial charge < -0.3 is 9.84 Å². The van der Waals surface area contributed by atoms with Crippen LogP contribution in [0.15, 0.2) is 34.9 Å². The summed E-state index contributed by atoms with van der Waals surface area (Å²) in [4.78, 5) is 25.4. The van der Waals surface area contributed by atoms with Gasteiger partial charge in [-0.2, -0.15) is 0 Å². The summed E-state index contributed by atoms with van der Waals surface area (Å²) in [7, 11) is 0. The third kappa shape index (κ3) is 3.34. The fourth-order valence-corrected chi connectivity index (χ4v) is 1.98. The van der Waals surface area contributed by atoms with E-state index in [2.05, 4.69) is 20.9 Å². The summed E-state index contributed by atoms with van der Waals surface area (Å²) in [5.74, 6) is -1.17. The number of carboxylic acids is 1. The zero-order valence-corrected chi connectivity index (χ0v) is 12.3. The van der Waals surface area contributed by atoms with Crippen molar-refractivity contribution in [2.75, 3.05) is 0 Å². The van der Waals surface area contributed by atoms with E-state index in [0.29, 0.717) is 10.0 Å². The SMILES string of the molecule is Cc1cnc(Oc2ccc(Br)cc2C(=O)O)cc1[N+](=O)[O-]. The number of aromatic nitrogens is 1. The first-order chi connectivity index (χ1) is 9.88. The van der Waals surface area contributed by atoms with Crippen LogP contribution in [-0.2, 0) is 0 Å². The zero-order chi connectivity index (χ0) is 15.6. The van der Waals surface area contributed by atoms with Crippen LogP contribution < -0.4 is 4.74 Å². The number of ether oxygens (including phenoxy) is 1. The molecule has 21 heavy (non-hydrogen) atoms. The van der Waals surface area contributed by atoms with E-state index < -0.39 is 10.9 Å². The van der Waals surface area contributed by atoms with Crippen LogP contribution in [0.25, 0.3) is 0 Å². The highest BCUT2D eigenvalue weighted by atomic mass is 79.9. The predicted molar refractivity (Wildman–Crippen MR) is 76.8 cm³/mol. The zero-order valence-electron chi connectivity index (χ0n) is 10.7. The van der Waals surface area contributed by atoms with Gasteiger partial charge in [0.2, 0.25) is 5.88 Å². The van der Waals surface area contributed by atoms with Crippen LogP contribution in [0.5, 0.6) is 11.6 Å². The van der Waals surface area contributed by atoms with Crippen LogP contribution >= 0.6 is 15.9 Å². The maximum Gasteiger partial charge on any atom is 0.339 e. The number of rotatable bonds is 4. The Morgan fingerprint density at radius 3 is 2.76 bits per heavy atom. The molecule has 0 radical (unpaired) electrons. The number of pyridine rings is 1. The number of benzene rings is 1. The minimum absolute atomic E-state index is 0.0443. The lowest BCUT2D eigenvalue weighted by atomic mass is 10.2. The van der Waals surface area contributed by atoms with Crippen molar-refractivity contribution in [1.82, 2.24) is 4.98 Å². The Balaban J connectivity index is 2.41. The van der Waals surface area contributed by atoms with Crippen molar-refractivity contribution in [3.05, 3.63) is 56.2 Å². The molecular formula is C13H9BrN2O5. The molecule has 0 amide bonds. The smallest absolute Gasteiger partial charge is 0.339 e. The Hall–Kier alpha value is -2.48. The first-order valence-corrected chi connectivity index (χ1v) is 6.49. The van der Waals surface area contributed by atoms with Gasteiger partial charge in [0.05, 0.1) is 11.0 Å². The van der Waals surface area contributed by atoms with Crippen LogP contribution in [-0.4, -0.2) is 21.0 Å². The lowest BCUT2D eigenvalue weighted by Crippen LogP contribution is -2.01. The van der Waals surface area contributed by atoms with Gasteiger partial charge in [0.25, 0.3) is 5.69 Å². The van der Waals surface area contributed by atoms with Crippen molar-refractivity contribution >= 4 is 27.6 Å². The minimum Gasteiger partial charge on any atom is -0.478 e. The van der Waals surface area contributed by atoms with Gasteiger partial charge in [-0.05, 0) is 25.1 Å². The largest absolute Gasteiger partial charge is 0.478 e. The van der Waals surface area contributed by atoms with Crippen LogP contribution in [0, 0.1) is 17.0 Å². The molecule has 0 spiro atoms. The van der Waals surface area contributed by atoms with E-state index >= 15 is 0 Å².